The van der Waals surface area contributed by atoms with Crippen LogP contribution in [0.5, 0.6) is 0 Å². The van der Waals surface area contributed by atoms with E-state index >= 15 is 0 Å². The molecule has 0 bridgehead atoms. The van der Waals surface area contributed by atoms with Crippen LogP contribution in [0.15, 0.2) is 36.4 Å². The van der Waals surface area contributed by atoms with E-state index in [1.165, 1.54) is 5.39 Å². The molecule has 2 aromatic rings. The van der Waals surface area contributed by atoms with Crippen LogP contribution in [0, 0.1) is 0 Å². The molecule has 0 unspecified atom stereocenters. The van der Waals surface area contributed by atoms with Crippen LogP contribution in [0.25, 0.3) is 10.8 Å². The van der Waals surface area contributed by atoms with Gasteiger partial charge in [0.05, 0.1) is 6.67 Å². The van der Waals surface area contributed by atoms with E-state index in [1.807, 2.05) is 31.3 Å². The number of halogens is 1. The Morgan fingerprint density at radius 3 is 2.67 bits per heavy atom. The fourth-order valence-corrected chi connectivity index (χ4v) is 1.92. The average Bonchev–Trinajstić information content (AvgIpc) is 2.29. The smallest absolute Gasteiger partial charge is 0.0935 e. The molecule has 2 rings (SSSR count). The molecular formula is C13H14FN. The van der Waals surface area contributed by atoms with Crippen LogP contribution in [0.2, 0.25) is 0 Å². The average molecular weight is 202 g/mol. The predicted octanol–water partition coefficient (Wildman–Crippen LogP) is 3.39. The lowest BCUT2D eigenvalue weighted by Gasteiger charge is -2.11. The second-order valence-corrected chi connectivity index (χ2v) is 3.51. The lowest BCUT2D eigenvalue weighted by atomic mass is 10.0. The number of benzene rings is 2. The van der Waals surface area contributed by atoms with E-state index in [2.05, 4.69) is 17.4 Å². The summed E-state index contributed by atoms with van der Waals surface area (Å²) in [4.78, 5) is 0. The number of hydrogen-bond acceptors (Lipinski definition) is 1. The lowest BCUT2D eigenvalue weighted by molar-refractivity contribution is 0.496. The molecule has 0 saturated heterocycles. The Morgan fingerprint density at radius 2 is 1.93 bits per heavy atom. The lowest BCUT2D eigenvalue weighted by Crippen LogP contribution is -1.97. The molecule has 78 valence electrons. The van der Waals surface area contributed by atoms with E-state index in [1.54, 1.807) is 0 Å². The zero-order valence-corrected chi connectivity index (χ0v) is 8.76. The van der Waals surface area contributed by atoms with Crippen LogP contribution < -0.4 is 5.32 Å². The van der Waals surface area contributed by atoms with E-state index in [0.29, 0.717) is 6.42 Å². The first-order valence-corrected chi connectivity index (χ1v) is 5.11. The number of nitrogens with one attached hydrogen (secondary N) is 1. The van der Waals surface area contributed by atoms with Gasteiger partial charge in [0.15, 0.2) is 0 Å². The zero-order chi connectivity index (χ0) is 10.7. The summed E-state index contributed by atoms with van der Waals surface area (Å²) in [5.41, 5.74) is 2.09. The molecular weight excluding hydrogens is 188 g/mol. The Bertz CT molecular complexity index is 465. The van der Waals surface area contributed by atoms with Crippen LogP contribution in [0.3, 0.4) is 0 Å². The monoisotopic (exact) mass is 202 g/mol. The molecule has 0 aliphatic heterocycles. The van der Waals surface area contributed by atoms with Crippen molar-refractivity contribution in [3.63, 3.8) is 0 Å². The van der Waals surface area contributed by atoms with Crippen LogP contribution in [0.4, 0.5) is 10.1 Å². The number of anilines is 1. The minimum Gasteiger partial charge on any atom is -0.387 e. The number of fused-ring (bicyclic) bond motifs is 1. The quantitative estimate of drug-likeness (QED) is 0.804. The third-order valence-corrected chi connectivity index (χ3v) is 2.63. The van der Waals surface area contributed by atoms with Gasteiger partial charge in [0.25, 0.3) is 0 Å². The summed E-state index contributed by atoms with van der Waals surface area (Å²) in [5.74, 6) is 0. The summed E-state index contributed by atoms with van der Waals surface area (Å²) < 4.78 is 12.4. The van der Waals surface area contributed by atoms with Crippen molar-refractivity contribution in [2.45, 2.75) is 6.42 Å². The van der Waals surface area contributed by atoms with Gasteiger partial charge < -0.3 is 5.32 Å². The van der Waals surface area contributed by atoms with E-state index in [-0.39, 0.29) is 6.67 Å². The molecule has 2 aromatic carbocycles. The highest BCUT2D eigenvalue weighted by Crippen LogP contribution is 2.27. The standard InChI is InChI=1S/C13H14FN/c1-15-13-11(8-9-14)7-6-10-4-2-3-5-12(10)13/h2-7,15H,8-9H2,1H3/i14-1. The SMILES string of the molecule is CNc1c(CC[18F])ccc2ccccc12. The minimum absolute atomic E-state index is 0.312. The molecule has 0 radical (unpaired) electrons. The van der Waals surface area contributed by atoms with E-state index in [0.717, 1.165) is 16.6 Å². The molecule has 0 saturated carbocycles. The maximum absolute atomic E-state index is 12.4. The fraction of sp³-hybridized carbons (Fsp3) is 0.231. The number of hydrogen-bond donors (Lipinski definition) is 1. The molecule has 0 atom stereocenters. The minimum atomic E-state index is -0.312. The Morgan fingerprint density at radius 1 is 1.13 bits per heavy atom. The molecule has 1 N–H and O–H groups in total. The van der Waals surface area contributed by atoms with Gasteiger partial charge in [0, 0.05) is 24.5 Å². The van der Waals surface area contributed by atoms with Gasteiger partial charge >= 0.3 is 0 Å². The zero-order valence-electron chi connectivity index (χ0n) is 8.76. The molecule has 0 fully saturated rings. The largest absolute Gasteiger partial charge is 0.387 e. The van der Waals surface area contributed by atoms with Crippen molar-refractivity contribution >= 4 is 16.5 Å². The van der Waals surface area contributed by atoms with Gasteiger partial charge in [0.1, 0.15) is 0 Å². The summed E-state index contributed by atoms with van der Waals surface area (Å²) in [6.07, 6.45) is 0.473. The van der Waals surface area contributed by atoms with Crippen LogP contribution in [-0.4, -0.2) is 13.7 Å². The predicted molar refractivity (Wildman–Crippen MR) is 63.2 cm³/mol. The fourth-order valence-electron chi connectivity index (χ4n) is 1.92. The summed E-state index contributed by atoms with van der Waals surface area (Å²) >= 11 is 0. The van der Waals surface area contributed by atoms with Crippen molar-refractivity contribution in [3.8, 4) is 0 Å². The highest BCUT2D eigenvalue weighted by atomic mass is 18.2. The molecule has 2 heteroatoms. The summed E-state index contributed by atoms with van der Waals surface area (Å²) in [6, 6.07) is 12.2. The molecule has 1 nitrogen and oxygen atoms in total. The van der Waals surface area contributed by atoms with Crippen LogP contribution >= 0.6 is 0 Å². The van der Waals surface area contributed by atoms with Gasteiger partial charge in [-0.05, 0) is 10.9 Å². The highest BCUT2D eigenvalue weighted by Gasteiger charge is 2.05. The second kappa shape index (κ2) is 4.30. The molecule has 0 aliphatic rings. The van der Waals surface area contributed by atoms with Gasteiger partial charge in [-0.1, -0.05) is 36.4 Å². The Balaban J connectivity index is 2.64. The molecule has 0 heterocycles. The number of aryl methyl sites for hydroxylation is 1. The normalized spacial score (nSPS) is 10.5. The first-order valence-electron chi connectivity index (χ1n) is 5.11. The molecule has 15 heavy (non-hydrogen) atoms. The van der Waals surface area contributed by atoms with E-state index < -0.39 is 0 Å². The maximum atomic E-state index is 12.4. The number of rotatable bonds is 3. The van der Waals surface area contributed by atoms with Crippen molar-refractivity contribution in [1.82, 2.24) is 0 Å². The maximum Gasteiger partial charge on any atom is 0.0935 e. The van der Waals surface area contributed by atoms with Crippen LogP contribution in [0.1, 0.15) is 5.56 Å². The van der Waals surface area contributed by atoms with Crippen molar-refractivity contribution in [2.75, 3.05) is 19.0 Å². The van der Waals surface area contributed by atoms with Crippen LogP contribution in [-0.2, 0) is 6.42 Å². The summed E-state index contributed by atoms with van der Waals surface area (Å²) in [5, 5.41) is 5.50. The molecule has 0 aromatic heterocycles. The van der Waals surface area contributed by atoms with Crippen molar-refractivity contribution in [1.29, 1.82) is 0 Å². The third-order valence-electron chi connectivity index (χ3n) is 2.63. The van der Waals surface area contributed by atoms with Gasteiger partial charge in [-0.2, -0.15) is 0 Å². The number of alkyl halides is 1. The second-order valence-electron chi connectivity index (χ2n) is 3.51. The summed E-state index contributed by atoms with van der Waals surface area (Å²) in [7, 11) is 1.88. The van der Waals surface area contributed by atoms with E-state index in [4.69, 9.17) is 0 Å². The van der Waals surface area contributed by atoms with Gasteiger partial charge in [-0.3, -0.25) is 4.39 Å². The molecule has 0 spiro atoms. The Kier molecular flexibility index (Phi) is 2.86. The first-order chi connectivity index (χ1) is 7.36. The third kappa shape index (κ3) is 1.80. The molecule has 0 amide bonds. The van der Waals surface area contributed by atoms with Gasteiger partial charge in [-0.25, -0.2) is 0 Å². The van der Waals surface area contributed by atoms with Crippen molar-refractivity contribution in [2.24, 2.45) is 0 Å². The topological polar surface area (TPSA) is 12.0 Å². The summed E-state index contributed by atoms with van der Waals surface area (Å²) in [6.45, 7) is -0.312. The first kappa shape index (κ1) is 9.97. The van der Waals surface area contributed by atoms with Gasteiger partial charge in [-0.15, -0.1) is 0 Å². The molecule has 0 aliphatic carbocycles. The van der Waals surface area contributed by atoms with E-state index in [9.17, 15) is 4.39 Å². The Hall–Kier alpha value is -1.57. The van der Waals surface area contributed by atoms with Crippen molar-refractivity contribution < 1.29 is 4.39 Å². The van der Waals surface area contributed by atoms with Crippen molar-refractivity contribution in [3.05, 3.63) is 42.0 Å². The Labute approximate surface area is 88.9 Å². The highest BCUT2D eigenvalue weighted by molar-refractivity contribution is 5.95. The van der Waals surface area contributed by atoms with Gasteiger partial charge in [0.2, 0.25) is 0 Å².